The van der Waals surface area contributed by atoms with Gasteiger partial charge in [-0.25, -0.2) is 9.98 Å². The van der Waals surface area contributed by atoms with Crippen LogP contribution in [0.25, 0.3) is 0 Å². The predicted molar refractivity (Wildman–Crippen MR) is 107 cm³/mol. The van der Waals surface area contributed by atoms with Crippen LogP contribution in [0.3, 0.4) is 0 Å². The van der Waals surface area contributed by atoms with Crippen molar-refractivity contribution in [1.82, 2.24) is 20.5 Å². The maximum Gasteiger partial charge on any atom is 0.218 e. The third-order valence-electron chi connectivity index (χ3n) is 3.72. The summed E-state index contributed by atoms with van der Waals surface area (Å²) in [7, 11) is 3.86. The van der Waals surface area contributed by atoms with Crippen LogP contribution in [0.4, 0.5) is 0 Å². The summed E-state index contributed by atoms with van der Waals surface area (Å²) in [6.07, 6.45) is 3.76. The SMILES string of the molecule is CCCOc1ncccc1CN=C(NCC)NCCN(C)CCCOC. The van der Waals surface area contributed by atoms with E-state index >= 15 is 0 Å². The topological polar surface area (TPSA) is 71.0 Å². The van der Waals surface area contributed by atoms with E-state index in [0.717, 1.165) is 57.2 Å². The van der Waals surface area contributed by atoms with Gasteiger partial charge in [0.05, 0.1) is 13.2 Å². The number of hydrogen-bond donors (Lipinski definition) is 2. The predicted octanol–water partition coefficient (Wildman–Crippen LogP) is 1.89. The van der Waals surface area contributed by atoms with Crippen molar-refractivity contribution in [3.05, 3.63) is 23.9 Å². The summed E-state index contributed by atoms with van der Waals surface area (Å²) in [6.45, 7) is 9.78. The second-order valence-corrected chi connectivity index (χ2v) is 6.09. The van der Waals surface area contributed by atoms with Crippen molar-refractivity contribution in [1.29, 1.82) is 0 Å². The van der Waals surface area contributed by atoms with Gasteiger partial charge in [-0.3, -0.25) is 0 Å². The highest BCUT2D eigenvalue weighted by Gasteiger charge is 2.05. The maximum absolute atomic E-state index is 5.70. The Balaban J connectivity index is 2.50. The van der Waals surface area contributed by atoms with Gasteiger partial charge in [-0.05, 0) is 32.9 Å². The molecule has 0 bridgehead atoms. The number of methoxy groups -OCH3 is 1. The van der Waals surface area contributed by atoms with E-state index in [1.165, 1.54) is 0 Å². The second-order valence-electron chi connectivity index (χ2n) is 6.09. The van der Waals surface area contributed by atoms with Crippen LogP contribution in [0.5, 0.6) is 5.88 Å². The van der Waals surface area contributed by atoms with E-state index in [1.54, 1.807) is 13.3 Å². The summed E-state index contributed by atoms with van der Waals surface area (Å²) in [5.41, 5.74) is 0.995. The Bertz CT molecular complexity index is 510. The molecule has 0 atom stereocenters. The lowest BCUT2D eigenvalue weighted by atomic mass is 10.3. The minimum absolute atomic E-state index is 0.534. The van der Waals surface area contributed by atoms with Crippen molar-refractivity contribution < 1.29 is 9.47 Å². The number of nitrogens with one attached hydrogen (secondary N) is 2. The first-order valence-corrected chi connectivity index (χ1v) is 9.47. The van der Waals surface area contributed by atoms with E-state index in [4.69, 9.17) is 9.47 Å². The molecule has 1 aromatic rings. The molecule has 7 heteroatoms. The fourth-order valence-corrected chi connectivity index (χ4v) is 2.33. The van der Waals surface area contributed by atoms with E-state index in [2.05, 4.69) is 46.4 Å². The van der Waals surface area contributed by atoms with Gasteiger partial charge in [0.25, 0.3) is 0 Å². The molecule has 0 amide bonds. The molecule has 0 aliphatic heterocycles. The number of guanidine groups is 1. The lowest BCUT2D eigenvalue weighted by Gasteiger charge is -2.18. The molecule has 1 aromatic heterocycles. The molecule has 1 rings (SSSR count). The van der Waals surface area contributed by atoms with Crippen LogP contribution in [0, 0.1) is 0 Å². The van der Waals surface area contributed by atoms with Crippen LogP contribution in [0.2, 0.25) is 0 Å². The van der Waals surface area contributed by atoms with Crippen molar-refractivity contribution in [2.45, 2.75) is 33.2 Å². The van der Waals surface area contributed by atoms with E-state index in [9.17, 15) is 0 Å². The van der Waals surface area contributed by atoms with Gasteiger partial charge in [0, 0.05) is 51.7 Å². The zero-order chi connectivity index (χ0) is 19.0. The van der Waals surface area contributed by atoms with Gasteiger partial charge >= 0.3 is 0 Å². The Morgan fingerprint density at radius 2 is 2.08 bits per heavy atom. The summed E-state index contributed by atoms with van der Waals surface area (Å²) in [4.78, 5) is 11.3. The molecule has 0 fully saturated rings. The van der Waals surface area contributed by atoms with E-state index < -0.39 is 0 Å². The molecule has 0 radical (unpaired) electrons. The van der Waals surface area contributed by atoms with Gasteiger partial charge in [-0.1, -0.05) is 13.0 Å². The minimum Gasteiger partial charge on any atom is -0.477 e. The molecule has 7 nitrogen and oxygen atoms in total. The van der Waals surface area contributed by atoms with Gasteiger partial charge in [0.15, 0.2) is 5.96 Å². The Kier molecular flexibility index (Phi) is 12.2. The van der Waals surface area contributed by atoms with Crippen molar-refractivity contribution in [3.8, 4) is 5.88 Å². The third kappa shape index (κ3) is 9.58. The highest BCUT2D eigenvalue weighted by molar-refractivity contribution is 5.79. The van der Waals surface area contributed by atoms with Crippen molar-refractivity contribution in [2.24, 2.45) is 4.99 Å². The number of rotatable bonds is 13. The lowest BCUT2D eigenvalue weighted by Crippen LogP contribution is -2.41. The average molecular weight is 366 g/mol. The Labute approximate surface area is 158 Å². The number of nitrogens with zero attached hydrogens (tertiary/aromatic N) is 3. The molecular formula is C19H35N5O2. The van der Waals surface area contributed by atoms with Gasteiger partial charge in [-0.2, -0.15) is 0 Å². The molecule has 0 aliphatic carbocycles. The number of pyridine rings is 1. The van der Waals surface area contributed by atoms with Crippen LogP contribution in [-0.4, -0.2) is 69.4 Å². The zero-order valence-electron chi connectivity index (χ0n) is 16.8. The fraction of sp³-hybridized carbons (Fsp3) is 0.684. The smallest absolute Gasteiger partial charge is 0.218 e. The number of hydrogen-bond acceptors (Lipinski definition) is 5. The largest absolute Gasteiger partial charge is 0.477 e. The first kappa shape index (κ1) is 22.2. The molecule has 0 saturated carbocycles. The van der Waals surface area contributed by atoms with Crippen molar-refractivity contribution in [2.75, 3.05) is 53.6 Å². The summed E-state index contributed by atoms with van der Waals surface area (Å²) in [5.74, 6) is 1.48. The summed E-state index contributed by atoms with van der Waals surface area (Å²) in [6, 6.07) is 3.92. The van der Waals surface area contributed by atoms with Gasteiger partial charge in [0.1, 0.15) is 0 Å². The van der Waals surface area contributed by atoms with Crippen LogP contribution in [0.1, 0.15) is 32.3 Å². The first-order valence-electron chi connectivity index (χ1n) is 9.47. The number of likely N-dealkylation sites (N-methyl/N-ethyl adjacent to an activating group) is 1. The van der Waals surface area contributed by atoms with E-state index in [-0.39, 0.29) is 0 Å². The van der Waals surface area contributed by atoms with Crippen LogP contribution < -0.4 is 15.4 Å². The van der Waals surface area contributed by atoms with Gasteiger partial charge in [-0.15, -0.1) is 0 Å². The molecule has 0 unspecified atom stereocenters. The molecular weight excluding hydrogens is 330 g/mol. The van der Waals surface area contributed by atoms with Gasteiger partial charge < -0.3 is 25.0 Å². The van der Waals surface area contributed by atoms with Crippen molar-refractivity contribution >= 4 is 5.96 Å². The molecule has 2 N–H and O–H groups in total. The zero-order valence-corrected chi connectivity index (χ0v) is 16.8. The third-order valence-corrected chi connectivity index (χ3v) is 3.72. The van der Waals surface area contributed by atoms with Gasteiger partial charge in [0.2, 0.25) is 5.88 Å². The molecule has 148 valence electrons. The van der Waals surface area contributed by atoms with E-state index in [1.807, 2.05) is 12.1 Å². The molecule has 0 aromatic carbocycles. The minimum atomic E-state index is 0.534. The second kappa shape index (κ2) is 14.3. The fourth-order valence-electron chi connectivity index (χ4n) is 2.33. The van der Waals surface area contributed by atoms with E-state index in [0.29, 0.717) is 19.0 Å². The van der Waals surface area contributed by atoms with Crippen LogP contribution in [0.15, 0.2) is 23.3 Å². The molecule has 0 aliphatic rings. The highest BCUT2D eigenvalue weighted by atomic mass is 16.5. The first-order chi connectivity index (χ1) is 12.7. The number of aromatic nitrogens is 1. The molecule has 26 heavy (non-hydrogen) atoms. The Hall–Kier alpha value is -1.86. The number of aliphatic imine (C=N–C) groups is 1. The summed E-state index contributed by atoms with van der Waals surface area (Å²) >= 11 is 0. The Morgan fingerprint density at radius 1 is 1.23 bits per heavy atom. The molecule has 1 heterocycles. The maximum atomic E-state index is 5.70. The molecule has 0 spiro atoms. The van der Waals surface area contributed by atoms with Crippen molar-refractivity contribution in [3.63, 3.8) is 0 Å². The Morgan fingerprint density at radius 3 is 2.81 bits per heavy atom. The standard InChI is InChI=1S/C19H35N5O2/c1-5-14-26-18-17(9-7-10-21-18)16-23-19(20-6-2)22-11-13-24(3)12-8-15-25-4/h7,9-10H,5-6,8,11-16H2,1-4H3,(H2,20,22,23). The average Bonchev–Trinajstić information content (AvgIpc) is 2.65. The number of ether oxygens (including phenoxy) is 2. The summed E-state index contributed by atoms with van der Waals surface area (Å²) < 4.78 is 10.8. The monoisotopic (exact) mass is 365 g/mol. The highest BCUT2D eigenvalue weighted by Crippen LogP contribution is 2.15. The lowest BCUT2D eigenvalue weighted by molar-refractivity contribution is 0.180. The normalized spacial score (nSPS) is 11.7. The summed E-state index contributed by atoms with van der Waals surface area (Å²) in [5, 5.41) is 6.66. The van der Waals surface area contributed by atoms with Crippen LogP contribution in [-0.2, 0) is 11.3 Å². The van der Waals surface area contributed by atoms with Crippen LogP contribution >= 0.6 is 0 Å². The quantitative estimate of drug-likeness (QED) is 0.316. The molecule has 0 saturated heterocycles.